The van der Waals surface area contributed by atoms with Crippen molar-refractivity contribution >= 4 is 5.69 Å². The molecule has 0 amide bonds. The smallest absolute Gasteiger partial charge is 0.422 e. The normalized spacial score (nSPS) is 11.3. The predicted octanol–water partition coefficient (Wildman–Crippen LogP) is 2.36. The van der Waals surface area contributed by atoms with Gasteiger partial charge in [-0.1, -0.05) is 0 Å². The quantitative estimate of drug-likeness (QED) is 0.650. The molecule has 0 atom stereocenters. The van der Waals surface area contributed by atoms with Gasteiger partial charge in [-0.25, -0.2) is 4.39 Å². The third kappa shape index (κ3) is 3.18. The van der Waals surface area contributed by atoms with Crippen LogP contribution < -0.4 is 15.2 Å². The summed E-state index contributed by atoms with van der Waals surface area (Å²) in [6, 6.07) is 1.81. The van der Waals surface area contributed by atoms with Crippen LogP contribution in [0.4, 0.5) is 23.2 Å². The number of rotatable bonds is 3. The molecule has 0 unspecified atom stereocenters. The Labute approximate surface area is 88.8 Å². The minimum atomic E-state index is -4.53. The minimum absolute atomic E-state index is 0.0145. The van der Waals surface area contributed by atoms with Gasteiger partial charge in [0.25, 0.3) is 0 Å². The summed E-state index contributed by atoms with van der Waals surface area (Å²) in [4.78, 5) is 0. The highest BCUT2D eigenvalue weighted by molar-refractivity contribution is 5.56. The van der Waals surface area contributed by atoms with E-state index < -0.39 is 24.3 Å². The molecule has 0 fully saturated rings. The summed E-state index contributed by atoms with van der Waals surface area (Å²) < 4.78 is 57.6. The average Bonchev–Trinajstić information content (AvgIpc) is 2.15. The topological polar surface area (TPSA) is 44.5 Å². The van der Waals surface area contributed by atoms with Gasteiger partial charge in [0.05, 0.1) is 12.8 Å². The summed E-state index contributed by atoms with van der Waals surface area (Å²) in [5.74, 6) is -1.47. The van der Waals surface area contributed by atoms with E-state index in [9.17, 15) is 17.6 Å². The van der Waals surface area contributed by atoms with Gasteiger partial charge in [-0.15, -0.1) is 0 Å². The van der Waals surface area contributed by atoms with E-state index in [1.54, 1.807) is 0 Å². The Balaban J connectivity index is 2.88. The van der Waals surface area contributed by atoms with Gasteiger partial charge in [-0.3, -0.25) is 0 Å². The lowest BCUT2D eigenvalue weighted by Gasteiger charge is -2.12. The number of nitrogens with two attached hydrogens (primary N) is 1. The highest BCUT2D eigenvalue weighted by atomic mass is 19.4. The summed E-state index contributed by atoms with van der Waals surface area (Å²) >= 11 is 0. The SMILES string of the molecule is COc1cc(OCC(F)(F)F)c(F)cc1N. The van der Waals surface area contributed by atoms with Crippen LogP contribution in [-0.4, -0.2) is 19.9 Å². The van der Waals surface area contributed by atoms with Crippen molar-refractivity contribution < 1.29 is 27.0 Å². The number of hydrogen-bond donors (Lipinski definition) is 1. The number of benzene rings is 1. The van der Waals surface area contributed by atoms with E-state index in [-0.39, 0.29) is 11.4 Å². The number of anilines is 1. The second-order valence-electron chi connectivity index (χ2n) is 2.93. The Morgan fingerprint density at radius 1 is 1.25 bits per heavy atom. The molecule has 0 saturated carbocycles. The van der Waals surface area contributed by atoms with Crippen molar-refractivity contribution in [2.45, 2.75) is 6.18 Å². The Morgan fingerprint density at radius 3 is 2.38 bits per heavy atom. The van der Waals surface area contributed by atoms with Crippen molar-refractivity contribution in [2.75, 3.05) is 19.5 Å². The zero-order valence-corrected chi connectivity index (χ0v) is 8.27. The molecule has 3 nitrogen and oxygen atoms in total. The molecule has 16 heavy (non-hydrogen) atoms. The van der Waals surface area contributed by atoms with E-state index in [0.717, 1.165) is 12.1 Å². The summed E-state index contributed by atoms with van der Waals surface area (Å²) in [7, 11) is 1.26. The molecule has 1 rings (SSSR count). The standard InChI is InChI=1S/C9H9F4NO2/c1-15-8-3-7(5(10)2-6(8)14)16-4-9(11,12)13/h2-3H,4,14H2,1H3. The van der Waals surface area contributed by atoms with E-state index in [0.29, 0.717) is 0 Å². The molecular formula is C9H9F4NO2. The highest BCUT2D eigenvalue weighted by Gasteiger charge is 2.29. The first-order valence-electron chi connectivity index (χ1n) is 4.16. The second-order valence-corrected chi connectivity index (χ2v) is 2.93. The fourth-order valence-corrected chi connectivity index (χ4v) is 0.997. The molecule has 0 bridgehead atoms. The molecular weight excluding hydrogens is 230 g/mol. The van der Waals surface area contributed by atoms with Gasteiger partial charge in [0.2, 0.25) is 0 Å². The van der Waals surface area contributed by atoms with Crippen LogP contribution in [0, 0.1) is 5.82 Å². The molecule has 0 radical (unpaired) electrons. The zero-order chi connectivity index (χ0) is 12.3. The van der Waals surface area contributed by atoms with Crippen LogP contribution in [0.5, 0.6) is 11.5 Å². The number of halogens is 4. The summed E-state index contributed by atoms with van der Waals surface area (Å²) in [5.41, 5.74) is 5.33. The summed E-state index contributed by atoms with van der Waals surface area (Å²) in [6.45, 7) is -1.57. The summed E-state index contributed by atoms with van der Waals surface area (Å²) in [6.07, 6.45) is -4.53. The largest absolute Gasteiger partial charge is 0.494 e. The predicted molar refractivity (Wildman–Crippen MR) is 48.9 cm³/mol. The molecule has 1 aromatic rings. The molecule has 1 aromatic carbocycles. The molecule has 0 heterocycles. The maximum Gasteiger partial charge on any atom is 0.422 e. The van der Waals surface area contributed by atoms with Gasteiger partial charge < -0.3 is 15.2 Å². The van der Waals surface area contributed by atoms with Crippen LogP contribution in [0.3, 0.4) is 0 Å². The van der Waals surface area contributed by atoms with Crippen molar-refractivity contribution in [3.63, 3.8) is 0 Å². The van der Waals surface area contributed by atoms with E-state index in [1.807, 2.05) is 0 Å². The molecule has 7 heteroatoms. The lowest BCUT2D eigenvalue weighted by molar-refractivity contribution is -0.153. The van der Waals surface area contributed by atoms with Gasteiger partial charge in [-0.2, -0.15) is 13.2 Å². The van der Waals surface area contributed by atoms with Crippen LogP contribution in [-0.2, 0) is 0 Å². The van der Waals surface area contributed by atoms with Crippen molar-refractivity contribution in [1.82, 2.24) is 0 Å². The van der Waals surface area contributed by atoms with Gasteiger partial charge in [0.15, 0.2) is 18.2 Å². The first-order chi connectivity index (χ1) is 7.33. The maximum absolute atomic E-state index is 13.1. The molecule has 0 aliphatic carbocycles. The fraction of sp³-hybridized carbons (Fsp3) is 0.333. The number of hydrogen-bond acceptors (Lipinski definition) is 3. The van der Waals surface area contributed by atoms with E-state index >= 15 is 0 Å². The van der Waals surface area contributed by atoms with Crippen molar-refractivity contribution in [2.24, 2.45) is 0 Å². The van der Waals surface area contributed by atoms with Gasteiger partial charge in [0.1, 0.15) is 5.75 Å². The third-order valence-corrected chi connectivity index (χ3v) is 1.68. The number of nitrogen functional groups attached to an aromatic ring is 1. The number of alkyl halides is 3. The zero-order valence-electron chi connectivity index (χ0n) is 8.27. The maximum atomic E-state index is 13.1. The van der Waals surface area contributed by atoms with Crippen molar-refractivity contribution in [3.8, 4) is 11.5 Å². The van der Waals surface area contributed by atoms with Crippen LogP contribution in [0.1, 0.15) is 0 Å². The lowest BCUT2D eigenvalue weighted by Crippen LogP contribution is -2.19. The molecule has 0 aliphatic heterocycles. The molecule has 0 spiro atoms. The Kier molecular flexibility index (Phi) is 3.46. The number of ether oxygens (including phenoxy) is 2. The average molecular weight is 239 g/mol. The van der Waals surface area contributed by atoms with E-state index in [1.165, 1.54) is 7.11 Å². The van der Waals surface area contributed by atoms with Gasteiger partial charge >= 0.3 is 6.18 Å². The van der Waals surface area contributed by atoms with Gasteiger partial charge in [-0.05, 0) is 0 Å². The van der Waals surface area contributed by atoms with Crippen LogP contribution >= 0.6 is 0 Å². The molecule has 90 valence electrons. The minimum Gasteiger partial charge on any atom is -0.494 e. The molecule has 0 saturated heterocycles. The Hall–Kier alpha value is -1.66. The van der Waals surface area contributed by atoms with Crippen LogP contribution in [0.2, 0.25) is 0 Å². The van der Waals surface area contributed by atoms with Crippen LogP contribution in [0.25, 0.3) is 0 Å². The van der Waals surface area contributed by atoms with Gasteiger partial charge in [0, 0.05) is 12.1 Å². The van der Waals surface area contributed by atoms with E-state index in [2.05, 4.69) is 4.74 Å². The number of methoxy groups -OCH3 is 1. The third-order valence-electron chi connectivity index (χ3n) is 1.68. The Bertz CT molecular complexity index is 379. The molecule has 2 N–H and O–H groups in total. The van der Waals surface area contributed by atoms with Crippen molar-refractivity contribution in [3.05, 3.63) is 17.9 Å². The fourth-order valence-electron chi connectivity index (χ4n) is 0.997. The van der Waals surface area contributed by atoms with Crippen molar-refractivity contribution in [1.29, 1.82) is 0 Å². The summed E-state index contributed by atoms with van der Waals surface area (Å²) in [5, 5.41) is 0. The first-order valence-corrected chi connectivity index (χ1v) is 4.16. The first kappa shape index (κ1) is 12.4. The second kappa shape index (κ2) is 4.46. The highest BCUT2D eigenvalue weighted by Crippen LogP contribution is 2.30. The monoisotopic (exact) mass is 239 g/mol. The Morgan fingerprint density at radius 2 is 1.88 bits per heavy atom. The lowest BCUT2D eigenvalue weighted by atomic mass is 10.2. The van der Waals surface area contributed by atoms with Crippen LogP contribution in [0.15, 0.2) is 12.1 Å². The molecule has 0 aliphatic rings. The van der Waals surface area contributed by atoms with E-state index in [4.69, 9.17) is 10.5 Å². The molecule has 0 aromatic heterocycles.